The first-order valence-corrected chi connectivity index (χ1v) is 8.49. The third kappa shape index (κ3) is 3.92. The Bertz CT molecular complexity index is 992. The molecular formula is C18H17F2N3O6. The summed E-state index contributed by atoms with van der Waals surface area (Å²) in [4.78, 5) is 39.2. The summed E-state index contributed by atoms with van der Waals surface area (Å²) in [5.41, 5.74) is -0.533. The van der Waals surface area contributed by atoms with E-state index in [1.807, 2.05) is 0 Å². The molecule has 0 spiro atoms. The first-order chi connectivity index (χ1) is 13.6. The molecule has 0 radical (unpaired) electrons. The number of ketones is 1. The molecule has 1 aliphatic rings. The first kappa shape index (κ1) is 20.7. The number of aliphatic hydroxyl groups is 2. The van der Waals surface area contributed by atoms with E-state index in [-0.39, 0.29) is 17.2 Å². The number of aromatic nitrogens is 2. The lowest BCUT2D eigenvalue weighted by Crippen LogP contribution is -2.41. The number of ether oxygens (including phenoxy) is 1. The van der Waals surface area contributed by atoms with Gasteiger partial charge in [0.25, 0.3) is 5.91 Å². The summed E-state index contributed by atoms with van der Waals surface area (Å²) in [7, 11) is 0. The van der Waals surface area contributed by atoms with Crippen molar-refractivity contribution in [2.24, 2.45) is 0 Å². The predicted molar refractivity (Wildman–Crippen MR) is 94.8 cm³/mol. The fraction of sp³-hybridized carbons (Fsp3) is 0.333. The zero-order chi connectivity index (χ0) is 21.3. The minimum Gasteiger partial charge on any atom is -0.394 e. The second-order valence-electron chi connectivity index (χ2n) is 6.42. The summed E-state index contributed by atoms with van der Waals surface area (Å²) in [6.45, 7) is 0.527. The molecule has 1 amide bonds. The van der Waals surface area contributed by atoms with Gasteiger partial charge in [-0.3, -0.25) is 14.2 Å². The van der Waals surface area contributed by atoms with Gasteiger partial charge in [0.15, 0.2) is 11.9 Å². The Morgan fingerprint density at radius 1 is 1.24 bits per heavy atom. The molecule has 0 aliphatic carbocycles. The Kier molecular flexibility index (Phi) is 5.55. The van der Waals surface area contributed by atoms with Crippen LogP contribution in [0, 0.1) is 0 Å². The van der Waals surface area contributed by atoms with Crippen molar-refractivity contribution >= 4 is 17.5 Å². The fourth-order valence-electron chi connectivity index (χ4n) is 2.82. The number of Topliss-reactive ketones (excluding diaryl/α,β-unsaturated/α-hetero) is 1. The van der Waals surface area contributed by atoms with Crippen molar-refractivity contribution in [3.8, 4) is 0 Å². The molecule has 1 fully saturated rings. The summed E-state index contributed by atoms with van der Waals surface area (Å²) in [5.74, 6) is -4.81. The minimum atomic E-state index is -3.83. The number of hydrogen-bond donors (Lipinski definition) is 3. The molecule has 1 aromatic carbocycles. The van der Waals surface area contributed by atoms with Crippen molar-refractivity contribution in [2.45, 2.75) is 31.3 Å². The van der Waals surface area contributed by atoms with E-state index in [9.17, 15) is 28.3 Å². The highest BCUT2D eigenvalue weighted by Crippen LogP contribution is 2.41. The molecule has 0 saturated carbocycles. The number of amides is 1. The second-order valence-corrected chi connectivity index (χ2v) is 6.42. The number of hydrogen-bond acceptors (Lipinski definition) is 7. The van der Waals surface area contributed by atoms with Crippen molar-refractivity contribution in [1.29, 1.82) is 0 Å². The van der Waals surface area contributed by atoms with Crippen LogP contribution in [0.4, 0.5) is 14.6 Å². The molecular weight excluding hydrogens is 392 g/mol. The highest BCUT2D eigenvalue weighted by atomic mass is 19.3. The van der Waals surface area contributed by atoms with E-state index in [1.165, 1.54) is 31.2 Å². The number of alkyl halides is 2. The molecule has 154 valence electrons. The van der Waals surface area contributed by atoms with Gasteiger partial charge >= 0.3 is 11.6 Å². The average Bonchev–Trinajstić information content (AvgIpc) is 2.91. The fourth-order valence-corrected chi connectivity index (χ4v) is 2.82. The number of aliphatic hydroxyl groups excluding tert-OH is 2. The summed E-state index contributed by atoms with van der Waals surface area (Å²) in [6, 6.07) is 6.87. The average molecular weight is 409 g/mol. The summed E-state index contributed by atoms with van der Waals surface area (Å²) >= 11 is 0. The van der Waals surface area contributed by atoms with Gasteiger partial charge in [-0.1, -0.05) is 12.1 Å². The van der Waals surface area contributed by atoms with Crippen LogP contribution in [-0.2, 0) is 4.74 Å². The van der Waals surface area contributed by atoms with E-state index in [2.05, 4.69) is 10.3 Å². The quantitative estimate of drug-likeness (QED) is 0.616. The molecule has 29 heavy (non-hydrogen) atoms. The molecule has 3 rings (SSSR count). The topological polar surface area (TPSA) is 131 Å². The normalized spacial score (nSPS) is 23.0. The summed E-state index contributed by atoms with van der Waals surface area (Å²) in [6.07, 6.45) is -5.06. The number of halogens is 2. The van der Waals surface area contributed by atoms with E-state index in [1.54, 1.807) is 0 Å². The van der Waals surface area contributed by atoms with Crippen LogP contribution < -0.4 is 11.0 Å². The zero-order valence-corrected chi connectivity index (χ0v) is 15.1. The maximum absolute atomic E-state index is 14.2. The number of nitrogens with one attached hydrogen (secondary N) is 1. The smallest absolute Gasteiger partial charge is 0.351 e. The lowest BCUT2D eigenvalue weighted by atomic mass is 10.1. The molecule has 3 atom stereocenters. The van der Waals surface area contributed by atoms with Gasteiger partial charge in [0.05, 0.1) is 6.61 Å². The minimum absolute atomic E-state index is 0.165. The van der Waals surface area contributed by atoms with Gasteiger partial charge in [-0.25, -0.2) is 4.79 Å². The van der Waals surface area contributed by atoms with E-state index < -0.39 is 42.6 Å². The molecule has 11 heteroatoms. The highest BCUT2D eigenvalue weighted by molar-refractivity contribution is 6.04. The number of carbonyl (C=O) groups excluding carboxylic acids is 2. The molecule has 2 aromatic rings. The third-order valence-corrected chi connectivity index (χ3v) is 4.44. The maximum atomic E-state index is 14.2. The van der Waals surface area contributed by atoms with Gasteiger partial charge in [0, 0.05) is 17.3 Å². The van der Waals surface area contributed by atoms with Gasteiger partial charge in [-0.2, -0.15) is 13.8 Å². The molecule has 1 aromatic heterocycles. The van der Waals surface area contributed by atoms with Gasteiger partial charge in [0.2, 0.25) is 6.23 Å². The Balaban J connectivity index is 1.78. The third-order valence-electron chi connectivity index (χ3n) is 4.44. The van der Waals surface area contributed by atoms with E-state index in [0.717, 1.165) is 12.3 Å². The van der Waals surface area contributed by atoms with Gasteiger partial charge in [-0.15, -0.1) is 0 Å². The SMILES string of the molecule is CC(=O)c1ccc(C(=O)Nc2ccn([C@@H]3O[C@H](CO)[C@@H](O)C3(F)F)c(=O)n2)cc1. The van der Waals surface area contributed by atoms with E-state index in [0.29, 0.717) is 10.1 Å². The lowest BCUT2D eigenvalue weighted by molar-refractivity contribution is -0.140. The van der Waals surface area contributed by atoms with Crippen molar-refractivity contribution in [3.05, 3.63) is 58.1 Å². The number of carbonyl (C=O) groups is 2. The zero-order valence-electron chi connectivity index (χ0n) is 15.1. The monoisotopic (exact) mass is 409 g/mol. The summed E-state index contributed by atoms with van der Waals surface area (Å²) in [5, 5.41) is 20.9. The van der Waals surface area contributed by atoms with Crippen LogP contribution in [0.25, 0.3) is 0 Å². The molecule has 1 saturated heterocycles. The molecule has 0 bridgehead atoms. The highest BCUT2D eigenvalue weighted by Gasteiger charge is 2.59. The van der Waals surface area contributed by atoms with Crippen molar-refractivity contribution in [3.63, 3.8) is 0 Å². The van der Waals surface area contributed by atoms with Crippen LogP contribution in [0.2, 0.25) is 0 Å². The number of nitrogens with zero attached hydrogens (tertiary/aromatic N) is 2. The summed E-state index contributed by atoms with van der Waals surface area (Å²) < 4.78 is 33.7. The number of rotatable bonds is 5. The standard InChI is InChI=1S/C18H17F2N3O6/c1-9(25)10-2-4-11(5-3-10)15(27)21-13-6-7-23(17(28)22-13)16-18(19,20)14(26)12(8-24)29-16/h2-7,12,14,16,24,26H,8H2,1H3,(H,21,22,27,28)/t12-,14-,16-/m1/s1. The van der Waals surface area contributed by atoms with Crippen LogP contribution in [0.3, 0.4) is 0 Å². The molecule has 3 N–H and O–H groups in total. The molecule has 9 nitrogen and oxygen atoms in total. The van der Waals surface area contributed by atoms with Crippen LogP contribution in [0.15, 0.2) is 41.3 Å². The van der Waals surface area contributed by atoms with Gasteiger partial charge < -0.3 is 20.3 Å². The predicted octanol–water partition coefficient (Wildman–Crippen LogP) is 0.584. The largest absolute Gasteiger partial charge is 0.394 e. The Morgan fingerprint density at radius 3 is 2.38 bits per heavy atom. The molecule has 0 unspecified atom stereocenters. The van der Waals surface area contributed by atoms with Crippen LogP contribution in [-0.4, -0.2) is 56.2 Å². The van der Waals surface area contributed by atoms with Gasteiger partial charge in [0.1, 0.15) is 11.9 Å². The first-order valence-electron chi connectivity index (χ1n) is 8.49. The Hall–Kier alpha value is -3.02. The van der Waals surface area contributed by atoms with Crippen LogP contribution in [0.5, 0.6) is 0 Å². The van der Waals surface area contributed by atoms with Crippen molar-refractivity contribution < 1.29 is 33.3 Å². The Labute approximate surface area is 162 Å². The number of benzene rings is 1. The second kappa shape index (κ2) is 7.78. The Morgan fingerprint density at radius 2 is 1.86 bits per heavy atom. The maximum Gasteiger partial charge on any atom is 0.351 e. The van der Waals surface area contributed by atoms with E-state index >= 15 is 0 Å². The molecule has 2 heterocycles. The van der Waals surface area contributed by atoms with Crippen molar-refractivity contribution in [2.75, 3.05) is 11.9 Å². The molecule has 1 aliphatic heterocycles. The van der Waals surface area contributed by atoms with Crippen LogP contribution in [0.1, 0.15) is 33.9 Å². The van der Waals surface area contributed by atoms with Crippen LogP contribution >= 0.6 is 0 Å². The number of anilines is 1. The van der Waals surface area contributed by atoms with E-state index in [4.69, 9.17) is 9.84 Å². The lowest BCUT2D eigenvalue weighted by Gasteiger charge is -2.21. The van der Waals surface area contributed by atoms with Crippen molar-refractivity contribution in [1.82, 2.24) is 9.55 Å². The van der Waals surface area contributed by atoms with Gasteiger partial charge in [-0.05, 0) is 25.1 Å².